The number of benzene rings is 1. The van der Waals surface area contributed by atoms with Crippen LogP contribution in [0.3, 0.4) is 0 Å². The Kier molecular flexibility index (Phi) is 6.03. The van der Waals surface area contributed by atoms with Crippen LogP contribution >= 0.6 is 0 Å². The molecule has 1 aromatic rings. The zero-order chi connectivity index (χ0) is 15.1. The standard InChI is InChI=1S/C15H22N2O3/c1-4-14(19)17-13(15(20)16-10(2)3)9-11-5-7-12(18)8-6-11/h5-8,10,13,18H,4,9H2,1-3H3,(H,16,20)(H,17,19)/t13-/m0/s1. The van der Waals surface area contributed by atoms with Gasteiger partial charge >= 0.3 is 0 Å². The van der Waals surface area contributed by atoms with E-state index >= 15 is 0 Å². The van der Waals surface area contributed by atoms with Crippen molar-refractivity contribution < 1.29 is 14.7 Å². The summed E-state index contributed by atoms with van der Waals surface area (Å²) >= 11 is 0. The van der Waals surface area contributed by atoms with Gasteiger partial charge in [-0.3, -0.25) is 9.59 Å². The van der Waals surface area contributed by atoms with E-state index < -0.39 is 6.04 Å². The number of amides is 2. The van der Waals surface area contributed by atoms with Gasteiger partial charge in [0.25, 0.3) is 0 Å². The van der Waals surface area contributed by atoms with Crippen LogP contribution in [0.4, 0.5) is 0 Å². The van der Waals surface area contributed by atoms with Gasteiger partial charge in [-0.05, 0) is 31.5 Å². The zero-order valence-electron chi connectivity index (χ0n) is 12.1. The Bertz CT molecular complexity index is 455. The first-order valence-electron chi connectivity index (χ1n) is 6.80. The van der Waals surface area contributed by atoms with Crippen LogP contribution in [0.5, 0.6) is 5.75 Å². The molecule has 0 radical (unpaired) electrons. The summed E-state index contributed by atoms with van der Waals surface area (Å²) in [7, 11) is 0. The lowest BCUT2D eigenvalue weighted by Gasteiger charge is -2.20. The summed E-state index contributed by atoms with van der Waals surface area (Å²) in [5, 5.41) is 14.8. The Morgan fingerprint density at radius 1 is 1.15 bits per heavy atom. The maximum absolute atomic E-state index is 12.1. The van der Waals surface area contributed by atoms with Crippen molar-refractivity contribution in [3.05, 3.63) is 29.8 Å². The highest BCUT2D eigenvalue weighted by molar-refractivity contribution is 5.87. The minimum absolute atomic E-state index is 0.0170. The summed E-state index contributed by atoms with van der Waals surface area (Å²) < 4.78 is 0. The van der Waals surface area contributed by atoms with E-state index in [1.165, 1.54) is 0 Å². The Balaban J connectivity index is 2.78. The van der Waals surface area contributed by atoms with Crippen molar-refractivity contribution in [1.82, 2.24) is 10.6 Å². The van der Waals surface area contributed by atoms with Crippen LogP contribution in [0.2, 0.25) is 0 Å². The molecule has 110 valence electrons. The highest BCUT2D eigenvalue weighted by Crippen LogP contribution is 2.11. The van der Waals surface area contributed by atoms with Gasteiger partial charge in [-0.1, -0.05) is 19.1 Å². The van der Waals surface area contributed by atoms with Gasteiger partial charge in [0.15, 0.2) is 0 Å². The molecule has 20 heavy (non-hydrogen) atoms. The molecule has 2 amide bonds. The maximum Gasteiger partial charge on any atom is 0.243 e. The molecular weight excluding hydrogens is 256 g/mol. The van der Waals surface area contributed by atoms with Gasteiger partial charge in [0, 0.05) is 18.9 Å². The first kappa shape index (κ1) is 16.0. The van der Waals surface area contributed by atoms with E-state index in [1.54, 1.807) is 31.2 Å². The van der Waals surface area contributed by atoms with Crippen molar-refractivity contribution >= 4 is 11.8 Å². The van der Waals surface area contributed by atoms with E-state index in [9.17, 15) is 14.7 Å². The number of carbonyl (C=O) groups is 2. The van der Waals surface area contributed by atoms with Crippen LogP contribution in [0.25, 0.3) is 0 Å². The molecule has 0 unspecified atom stereocenters. The summed E-state index contributed by atoms with van der Waals surface area (Å²) in [4.78, 5) is 23.6. The Hall–Kier alpha value is -2.04. The van der Waals surface area contributed by atoms with Crippen molar-refractivity contribution in [3.8, 4) is 5.75 Å². The number of hydrogen-bond acceptors (Lipinski definition) is 3. The van der Waals surface area contributed by atoms with E-state index in [-0.39, 0.29) is 23.6 Å². The number of rotatable bonds is 6. The molecule has 1 atom stereocenters. The van der Waals surface area contributed by atoms with Crippen LogP contribution in [0.15, 0.2) is 24.3 Å². The summed E-state index contributed by atoms with van der Waals surface area (Å²) in [5.41, 5.74) is 0.878. The van der Waals surface area contributed by atoms with Gasteiger partial charge in [-0.2, -0.15) is 0 Å². The number of carbonyl (C=O) groups excluding carboxylic acids is 2. The maximum atomic E-state index is 12.1. The molecule has 0 aromatic heterocycles. The van der Waals surface area contributed by atoms with Gasteiger partial charge < -0.3 is 15.7 Å². The van der Waals surface area contributed by atoms with E-state index in [1.807, 2.05) is 13.8 Å². The van der Waals surface area contributed by atoms with E-state index in [0.29, 0.717) is 12.8 Å². The molecule has 0 saturated carbocycles. The molecule has 0 spiro atoms. The smallest absolute Gasteiger partial charge is 0.243 e. The first-order valence-corrected chi connectivity index (χ1v) is 6.80. The predicted molar refractivity (Wildman–Crippen MR) is 77.3 cm³/mol. The Morgan fingerprint density at radius 2 is 1.75 bits per heavy atom. The summed E-state index contributed by atoms with van der Waals surface area (Å²) in [6, 6.07) is 6.02. The molecule has 1 aromatic carbocycles. The quantitative estimate of drug-likeness (QED) is 0.735. The van der Waals surface area contributed by atoms with E-state index in [0.717, 1.165) is 5.56 Å². The van der Waals surface area contributed by atoms with Gasteiger partial charge in [0.1, 0.15) is 11.8 Å². The zero-order valence-corrected chi connectivity index (χ0v) is 12.1. The highest BCUT2D eigenvalue weighted by Gasteiger charge is 2.21. The van der Waals surface area contributed by atoms with Crippen LogP contribution in [0.1, 0.15) is 32.8 Å². The van der Waals surface area contributed by atoms with Crippen LogP contribution in [-0.2, 0) is 16.0 Å². The largest absolute Gasteiger partial charge is 0.508 e. The second-order valence-corrected chi connectivity index (χ2v) is 5.01. The fraction of sp³-hybridized carbons (Fsp3) is 0.467. The molecule has 1 rings (SSSR count). The van der Waals surface area contributed by atoms with Gasteiger partial charge in [0.05, 0.1) is 0 Å². The van der Waals surface area contributed by atoms with Crippen LogP contribution < -0.4 is 10.6 Å². The molecular formula is C15H22N2O3. The van der Waals surface area contributed by atoms with Crippen molar-refractivity contribution in [1.29, 1.82) is 0 Å². The molecule has 5 heteroatoms. The van der Waals surface area contributed by atoms with Crippen LogP contribution in [-0.4, -0.2) is 29.0 Å². The third kappa shape index (κ3) is 5.30. The van der Waals surface area contributed by atoms with Crippen molar-refractivity contribution in [3.63, 3.8) is 0 Å². The predicted octanol–water partition coefficient (Wildman–Crippen LogP) is 1.35. The lowest BCUT2D eigenvalue weighted by Crippen LogP contribution is -2.49. The van der Waals surface area contributed by atoms with Gasteiger partial charge in [-0.15, -0.1) is 0 Å². The average Bonchev–Trinajstić information content (AvgIpc) is 2.39. The number of phenols is 1. The molecule has 5 nitrogen and oxygen atoms in total. The summed E-state index contributed by atoms with van der Waals surface area (Å²) in [5.74, 6) is -0.183. The van der Waals surface area contributed by atoms with E-state index in [2.05, 4.69) is 10.6 Å². The Labute approximate surface area is 119 Å². The number of hydrogen-bond donors (Lipinski definition) is 3. The topological polar surface area (TPSA) is 78.4 Å². The number of aromatic hydroxyl groups is 1. The third-order valence-corrected chi connectivity index (χ3v) is 2.78. The summed E-state index contributed by atoms with van der Waals surface area (Å²) in [6.07, 6.45) is 0.728. The molecule has 0 saturated heterocycles. The second kappa shape index (κ2) is 7.53. The minimum atomic E-state index is -0.602. The normalized spacial score (nSPS) is 12.0. The van der Waals surface area contributed by atoms with Crippen molar-refractivity contribution in [2.45, 2.75) is 45.7 Å². The van der Waals surface area contributed by atoms with Crippen molar-refractivity contribution in [2.24, 2.45) is 0 Å². The van der Waals surface area contributed by atoms with Crippen molar-refractivity contribution in [2.75, 3.05) is 0 Å². The fourth-order valence-electron chi connectivity index (χ4n) is 1.76. The number of nitrogens with one attached hydrogen (secondary N) is 2. The highest BCUT2D eigenvalue weighted by atomic mass is 16.3. The molecule has 0 fully saturated rings. The molecule has 0 aliphatic carbocycles. The lowest BCUT2D eigenvalue weighted by atomic mass is 10.0. The summed E-state index contributed by atoms with van der Waals surface area (Å²) in [6.45, 7) is 5.49. The monoisotopic (exact) mass is 278 g/mol. The molecule has 0 bridgehead atoms. The third-order valence-electron chi connectivity index (χ3n) is 2.78. The Morgan fingerprint density at radius 3 is 2.25 bits per heavy atom. The van der Waals surface area contributed by atoms with Gasteiger partial charge in [0.2, 0.25) is 11.8 Å². The van der Waals surface area contributed by atoms with E-state index in [4.69, 9.17) is 0 Å². The van der Waals surface area contributed by atoms with Crippen LogP contribution in [0, 0.1) is 0 Å². The fourth-order valence-corrected chi connectivity index (χ4v) is 1.76. The minimum Gasteiger partial charge on any atom is -0.508 e. The molecule has 3 N–H and O–H groups in total. The molecule has 0 aliphatic heterocycles. The lowest BCUT2D eigenvalue weighted by molar-refractivity contribution is -0.129. The average molecular weight is 278 g/mol. The van der Waals surface area contributed by atoms with Gasteiger partial charge in [-0.25, -0.2) is 0 Å². The molecule has 0 aliphatic rings. The number of phenolic OH excluding ortho intramolecular Hbond substituents is 1. The SMILES string of the molecule is CCC(=O)N[C@@H](Cc1ccc(O)cc1)C(=O)NC(C)C. The first-order chi connectivity index (χ1) is 9.42. The molecule has 0 heterocycles. The second-order valence-electron chi connectivity index (χ2n) is 5.01.